The van der Waals surface area contributed by atoms with E-state index < -0.39 is 20.0 Å². The number of ether oxygens (including phenoxy) is 1. The fraction of sp³-hybridized carbons (Fsp3) is 0.837. The minimum atomic E-state index is -4.58. The monoisotopic (exact) mass is 769 g/mol. The number of quaternary nitrogens is 1. The van der Waals surface area contributed by atoms with Crippen molar-refractivity contribution in [1.82, 2.24) is 5.32 Å². The number of amides is 1. The Labute approximate surface area is 325 Å². The van der Waals surface area contributed by atoms with Crippen LogP contribution in [-0.2, 0) is 23.1 Å². The molecule has 0 radical (unpaired) electrons. The number of unbranched alkanes of at least 4 members (excludes halogenated alkanes) is 16. The van der Waals surface area contributed by atoms with Crippen molar-refractivity contribution in [3.63, 3.8) is 0 Å². The van der Waals surface area contributed by atoms with Gasteiger partial charge in [-0.15, -0.1) is 0 Å². The number of nitrogens with zero attached hydrogens (tertiary/aromatic N) is 1. The fourth-order valence-electron chi connectivity index (χ4n) is 6.19. The standard InChI is InChI=1S/C43H81N2O7P/c1-6-8-10-12-14-15-16-17-18-19-21-24-28-32-40(46)39(38-51-53(48,49)50-37-36-45(3,4)5)44-43(47)35-31-27-23-20-22-26-30-34-42-41(52-42)33-29-25-13-11-9-7-2/h20,23,25-26,29-30,39-42,46H,6-19,21-22,24,27-28,31-38H2,1-5H3,(H-,44,47,48,49)/b23-20-,29-25-,30-26-/t39-,40+,41?,42?/m0/s1. The number of hydrogen-bond acceptors (Lipinski definition) is 7. The molecule has 3 unspecified atom stereocenters. The second-order valence-corrected chi connectivity index (χ2v) is 17.5. The Bertz CT molecular complexity index is 1030. The summed E-state index contributed by atoms with van der Waals surface area (Å²) in [5.41, 5.74) is 0. The molecule has 0 saturated carbocycles. The maximum Gasteiger partial charge on any atom is 0.268 e. The summed E-state index contributed by atoms with van der Waals surface area (Å²) in [6.07, 6.45) is 38.9. The minimum Gasteiger partial charge on any atom is -0.756 e. The first-order valence-electron chi connectivity index (χ1n) is 21.5. The van der Waals surface area contributed by atoms with Gasteiger partial charge >= 0.3 is 0 Å². The molecule has 0 aliphatic carbocycles. The third kappa shape index (κ3) is 31.6. The quantitative estimate of drug-likeness (QED) is 0.0212. The third-order valence-corrected chi connectivity index (χ3v) is 10.7. The Morgan fingerprint density at radius 2 is 1.26 bits per heavy atom. The molecule has 1 heterocycles. The maximum absolute atomic E-state index is 12.8. The smallest absolute Gasteiger partial charge is 0.268 e. The van der Waals surface area contributed by atoms with Crippen molar-refractivity contribution >= 4 is 13.7 Å². The van der Waals surface area contributed by atoms with Crippen molar-refractivity contribution in [1.29, 1.82) is 0 Å². The van der Waals surface area contributed by atoms with Crippen molar-refractivity contribution in [2.24, 2.45) is 0 Å². The van der Waals surface area contributed by atoms with Crippen LogP contribution in [0.5, 0.6) is 0 Å². The van der Waals surface area contributed by atoms with Gasteiger partial charge in [-0.25, -0.2) is 0 Å². The highest BCUT2D eigenvalue weighted by Gasteiger charge is 2.36. The highest BCUT2D eigenvalue weighted by molar-refractivity contribution is 7.45. The SMILES string of the molecule is CCCCC/C=C\CC1OC1C/C=C\C/C=C\CCCC(=O)N[C@@H](COP(=O)([O-])OCC[N+](C)(C)C)[C@H](O)CCCCCCCCCCCCCCC. The number of allylic oxidation sites excluding steroid dienone is 4. The lowest BCUT2D eigenvalue weighted by atomic mass is 10.0. The predicted octanol–water partition coefficient (Wildman–Crippen LogP) is 9.88. The summed E-state index contributed by atoms with van der Waals surface area (Å²) in [6, 6.07) is -0.832. The van der Waals surface area contributed by atoms with Crippen molar-refractivity contribution in [2.75, 3.05) is 40.9 Å². The molecule has 0 spiro atoms. The molecule has 1 fully saturated rings. The van der Waals surface area contributed by atoms with Gasteiger partial charge in [0.15, 0.2) is 0 Å². The second-order valence-electron chi connectivity index (χ2n) is 16.1. The number of hydrogen-bond donors (Lipinski definition) is 2. The third-order valence-electron chi connectivity index (χ3n) is 9.78. The van der Waals surface area contributed by atoms with Gasteiger partial charge in [0.2, 0.25) is 5.91 Å². The van der Waals surface area contributed by atoms with Gasteiger partial charge in [-0.05, 0) is 51.4 Å². The van der Waals surface area contributed by atoms with Crippen LogP contribution >= 0.6 is 7.82 Å². The summed E-state index contributed by atoms with van der Waals surface area (Å²) >= 11 is 0. The van der Waals surface area contributed by atoms with Crippen molar-refractivity contribution in [2.45, 2.75) is 192 Å². The van der Waals surface area contributed by atoms with Gasteiger partial charge in [-0.3, -0.25) is 9.36 Å². The first-order valence-corrected chi connectivity index (χ1v) is 22.9. The van der Waals surface area contributed by atoms with Crippen LogP contribution < -0.4 is 10.2 Å². The van der Waals surface area contributed by atoms with Gasteiger partial charge in [-0.1, -0.05) is 147 Å². The summed E-state index contributed by atoms with van der Waals surface area (Å²) in [6.45, 7) is 4.62. The summed E-state index contributed by atoms with van der Waals surface area (Å²) < 4.78 is 29.0. The molecule has 53 heavy (non-hydrogen) atoms. The summed E-state index contributed by atoms with van der Waals surface area (Å²) in [4.78, 5) is 25.3. The number of likely N-dealkylation sites (N-methyl/N-ethyl adjacent to an activating group) is 1. The van der Waals surface area contributed by atoms with E-state index in [2.05, 4.69) is 55.6 Å². The van der Waals surface area contributed by atoms with E-state index >= 15 is 0 Å². The number of epoxide rings is 1. The van der Waals surface area contributed by atoms with Crippen molar-refractivity contribution in [3.05, 3.63) is 36.5 Å². The van der Waals surface area contributed by atoms with Crippen LogP contribution in [0.2, 0.25) is 0 Å². The number of carbonyl (C=O) groups excluding carboxylic acids is 1. The van der Waals surface area contributed by atoms with Crippen molar-refractivity contribution in [3.8, 4) is 0 Å². The molecule has 1 rings (SSSR count). The van der Waals surface area contributed by atoms with Crippen LogP contribution in [0.3, 0.4) is 0 Å². The van der Waals surface area contributed by atoms with Crippen LogP contribution in [-0.4, -0.2) is 80.8 Å². The fourth-order valence-corrected chi connectivity index (χ4v) is 6.91. The highest BCUT2D eigenvalue weighted by atomic mass is 31.2. The summed E-state index contributed by atoms with van der Waals surface area (Å²) in [5.74, 6) is -0.224. The lowest BCUT2D eigenvalue weighted by Gasteiger charge is -2.30. The minimum absolute atomic E-state index is 0.00134. The Balaban J connectivity index is 2.36. The Kier molecular flexibility index (Phi) is 29.9. The summed E-state index contributed by atoms with van der Waals surface area (Å²) in [5, 5.41) is 13.8. The molecule has 10 heteroatoms. The van der Waals surface area contributed by atoms with Gasteiger partial charge in [0, 0.05) is 6.42 Å². The predicted molar refractivity (Wildman–Crippen MR) is 219 cm³/mol. The van der Waals surface area contributed by atoms with Crippen molar-refractivity contribution < 1.29 is 37.6 Å². The molecule has 2 N–H and O–H groups in total. The summed E-state index contributed by atoms with van der Waals surface area (Å²) in [7, 11) is 1.26. The molecule has 1 amide bonds. The van der Waals surface area contributed by atoms with E-state index in [-0.39, 0.29) is 25.5 Å². The molecule has 1 aliphatic rings. The largest absolute Gasteiger partial charge is 0.756 e. The van der Waals surface area contributed by atoms with Crippen LogP contribution in [0.15, 0.2) is 36.5 Å². The van der Waals surface area contributed by atoms with E-state index in [4.69, 9.17) is 13.8 Å². The lowest BCUT2D eigenvalue weighted by molar-refractivity contribution is -0.870. The van der Waals surface area contributed by atoms with Gasteiger partial charge in [-0.2, -0.15) is 0 Å². The Hall–Kier alpha value is -1.32. The first-order chi connectivity index (χ1) is 25.5. The van der Waals surface area contributed by atoms with E-state index in [1.54, 1.807) is 0 Å². The molecule has 0 aromatic heterocycles. The highest BCUT2D eigenvalue weighted by Crippen LogP contribution is 2.38. The Morgan fingerprint density at radius 3 is 1.87 bits per heavy atom. The van der Waals surface area contributed by atoms with Crippen LogP contribution in [0, 0.1) is 0 Å². The second kappa shape index (κ2) is 31.8. The molecule has 0 aromatic rings. The molecule has 1 aliphatic heterocycles. The molecule has 0 aromatic carbocycles. The van der Waals surface area contributed by atoms with E-state index in [9.17, 15) is 19.4 Å². The normalized spacial score (nSPS) is 18.6. The molecule has 0 bridgehead atoms. The number of aliphatic hydroxyl groups is 1. The Morgan fingerprint density at radius 1 is 0.755 bits per heavy atom. The average molecular weight is 769 g/mol. The number of rotatable bonds is 37. The zero-order chi connectivity index (χ0) is 39.0. The number of carbonyl (C=O) groups is 1. The first kappa shape index (κ1) is 49.7. The molecular weight excluding hydrogens is 687 g/mol. The van der Waals surface area contributed by atoms with E-state index in [0.29, 0.717) is 36.1 Å². The molecule has 9 nitrogen and oxygen atoms in total. The van der Waals surface area contributed by atoms with Gasteiger partial charge in [0.25, 0.3) is 7.82 Å². The van der Waals surface area contributed by atoms with Gasteiger partial charge in [0.1, 0.15) is 13.2 Å². The zero-order valence-electron chi connectivity index (χ0n) is 34.7. The molecule has 1 saturated heterocycles. The number of phosphoric acid groups is 1. The van der Waals surface area contributed by atoms with Gasteiger partial charge in [0.05, 0.1) is 52.1 Å². The molecule has 310 valence electrons. The van der Waals surface area contributed by atoms with E-state index in [1.807, 2.05) is 21.1 Å². The van der Waals surface area contributed by atoms with Crippen LogP contribution in [0.1, 0.15) is 168 Å². The van der Waals surface area contributed by atoms with Crippen LogP contribution in [0.25, 0.3) is 0 Å². The zero-order valence-corrected chi connectivity index (χ0v) is 35.6. The molecule has 5 atom stereocenters. The number of nitrogens with one attached hydrogen (secondary N) is 1. The van der Waals surface area contributed by atoms with Gasteiger partial charge < -0.3 is 33.6 Å². The topological polar surface area (TPSA) is 120 Å². The van der Waals surface area contributed by atoms with E-state index in [1.165, 1.54) is 89.9 Å². The van der Waals surface area contributed by atoms with E-state index in [0.717, 1.165) is 44.9 Å². The maximum atomic E-state index is 12.8. The lowest BCUT2D eigenvalue weighted by Crippen LogP contribution is -2.46. The number of phosphoric ester groups is 1. The average Bonchev–Trinajstić information content (AvgIpc) is 3.86. The van der Waals surface area contributed by atoms with Crippen LogP contribution in [0.4, 0.5) is 0 Å². The molecular formula is C43H81N2O7P. The number of aliphatic hydroxyl groups excluding tert-OH is 1.